The van der Waals surface area contributed by atoms with Crippen molar-refractivity contribution >= 4 is 5.65 Å². The Bertz CT molecular complexity index is 1090. The highest BCUT2D eigenvalue weighted by molar-refractivity contribution is 5.72. The molecule has 0 spiro atoms. The average Bonchev–Trinajstić information content (AvgIpc) is 3.30. The molecule has 0 amide bonds. The molecule has 0 aliphatic carbocycles. The van der Waals surface area contributed by atoms with Crippen LogP contribution in [0.15, 0.2) is 48.9 Å². The van der Waals surface area contributed by atoms with Gasteiger partial charge in [0.05, 0.1) is 11.9 Å². The van der Waals surface area contributed by atoms with E-state index in [1.54, 1.807) is 6.20 Å². The van der Waals surface area contributed by atoms with E-state index in [1.165, 1.54) is 0 Å². The van der Waals surface area contributed by atoms with Crippen molar-refractivity contribution in [2.75, 3.05) is 20.6 Å². The molecule has 138 valence electrons. The molecule has 0 bridgehead atoms. The molecule has 0 aliphatic heterocycles. The van der Waals surface area contributed by atoms with E-state index < -0.39 is 0 Å². The van der Waals surface area contributed by atoms with Crippen molar-refractivity contribution in [3.8, 4) is 22.6 Å². The molecule has 0 fully saturated rings. The molecular weight excluding hydrogens is 336 g/mol. The van der Waals surface area contributed by atoms with Crippen molar-refractivity contribution in [2.45, 2.75) is 20.4 Å². The van der Waals surface area contributed by atoms with E-state index in [2.05, 4.69) is 69.8 Å². The highest BCUT2D eigenvalue weighted by atomic mass is 15.3. The van der Waals surface area contributed by atoms with Gasteiger partial charge in [-0.2, -0.15) is 5.10 Å². The first-order valence-electron chi connectivity index (χ1n) is 9.12. The molecule has 6 nitrogen and oxygen atoms in total. The zero-order chi connectivity index (χ0) is 19.0. The van der Waals surface area contributed by atoms with Crippen LogP contribution in [-0.2, 0) is 6.54 Å². The molecule has 0 N–H and O–H groups in total. The van der Waals surface area contributed by atoms with Gasteiger partial charge >= 0.3 is 0 Å². The minimum Gasteiger partial charge on any atom is -0.330 e. The Morgan fingerprint density at radius 2 is 1.85 bits per heavy atom. The number of aromatic nitrogens is 5. The lowest BCUT2D eigenvalue weighted by atomic mass is 10.0. The van der Waals surface area contributed by atoms with Crippen LogP contribution in [0.1, 0.15) is 11.3 Å². The van der Waals surface area contributed by atoms with Crippen LogP contribution in [0.4, 0.5) is 0 Å². The van der Waals surface area contributed by atoms with Crippen molar-refractivity contribution in [2.24, 2.45) is 0 Å². The number of hydrogen-bond acceptors (Lipinski definition) is 4. The molecule has 0 atom stereocenters. The Labute approximate surface area is 159 Å². The minimum absolute atomic E-state index is 0.867. The molecule has 4 aromatic rings. The maximum atomic E-state index is 4.63. The van der Waals surface area contributed by atoms with Crippen molar-refractivity contribution in [3.63, 3.8) is 0 Å². The lowest BCUT2D eigenvalue weighted by Crippen LogP contribution is -2.18. The van der Waals surface area contributed by atoms with E-state index in [-0.39, 0.29) is 0 Å². The second kappa shape index (κ2) is 6.96. The zero-order valence-corrected chi connectivity index (χ0v) is 16.2. The van der Waals surface area contributed by atoms with E-state index >= 15 is 0 Å². The third-order valence-electron chi connectivity index (χ3n) is 4.91. The summed E-state index contributed by atoms with van der Waals surface area (Å²) >= 11 is 0. The van der Waals surface area contributed by atoms with Crippen LogP contribution in [0.3, 0.4) is 0 Å². The summed E-state index contributed by atoms with van der Waals surface area (Å²) in [6, 6.07) is 10.5. The largest absolute Gasteiger partial charge is 0.330 e. The van der Waals surface area contributed by atoms with Gasteiger partial charge < -0.3 is 9.47 Å². The summed E-state index contributed by atoms with van der Waals surface area (Å²) in [5, 5.41) is 4.48. The smallest absolute Gasteiger partial charge is 0.155 e. The predicted molar refractivity (Wildman–Crippen MR) is 108 cm³/mol. The molecular formula is C21H24N6. The summed E-state index contributed by atoms with van der Waals surface area (Å²) in [5.74, 6) is 0.985. The summed E-state index contributed by atoms with van der Waals surface area (Å²) in [5.41, 5.74) is 6.33. The van der Waals surface area contributed by atoms with Crippen LogP contribution in [0, 0.1) is 13.8 Å². The van der Waals surface area contributed by atoms with Gasteiger partial charge in [0.15, 0.2) is 5.65 Å². The van der Waals surface area contributed by atoms with Crippen LogP contribution in [0.2, 0.25) is 0 Å². The number of likely N-dealkylation sites (N-methyl/N-ethyl adjacent to an activating group) is 1. The quantitative estimate of drug-likeness (QED) is 0.547. The van der Waals surface area contributed by atoms with Gasteiger partial charge in [-0.1, -0.05) is 18.2 Å². The molecule has 1 aromatic carbocycles. The third-order valence-corrected chi connectivity index (χ3v) is 4.91. The second-order valence-electron chi connectivity index (χ2n) is 7.10. The number of hydrogen-bond donors (Lipinski definition) is 0. The molecule has 0 saturated heterocycles. The lowest BCUT2D eigenvalue weighted by Gasteiger charge is -2.14. The minimum atomic E-state index is 0.867. The van der Waals surface area contributed by atoms with Crippen LogP contribution in [0.25, 0.3) is 28.3 Å². The fourth-order valence-electron chi connectivity index (χ4n) is 3.34. The zero-order valence-electron chi connectivity index (χ0n) is 16.2. The normalized spacial score (nSPS) is 11.6. The van der Waals surface area contributed by atoms with Crippen LogP contribution >= 0.6 is 0 Å². The molecule has 27 heavy (non-hydrogen) atoms. The molecule has 0 aliphatic rings. The number of nitrogens with zero attached hydrogens (tertiary/aromatic N) is 6. The highest BCUT2D eigenvalue weighted by Crippen LogP contribution is 2.29. The Balaban J connectivity index is 1.81. The lowest BCUT2D eigenvalue weighted by molar-refractivity contribution is 0.385. The Morgan fingerprint density at radius 3 is 2.67 bits per heavy atom. The molecule has 6 heteroatoms. The summed E-state index contributed by atoms with van der Waals surface area (Å²) < 4.78 is 4.12. The first-order valence-corrected chi connectivity index (χ1v) is 9.12. The predicted octanol–water partition coefficient (Wildman–Crippen LogP) is 3.44. The standard InChI is InChI=1S/C21H24N6/c1-15-16(2)24-19-8-9-23-27(19)20(15)17-6-5-7-18(14-17)21-22-10-11-26(21)13-12-25(3)4/h5-11,14H,12-13H2,1-4H3. The van der Waals surface area contributed by atoms with Gasteiger partial charge in [-0.05, 0) is 39.6 Å². The topological polar surface area (TPSA) is 51.2 Å². The number of imidazole rings is 1. The van der Waals surface area contributed by atoms with Gasteiger partial charge in [0.25, 0.3) is 0 Å². The maximum absolute atomic E-state index is 4.63. The van der Waals surface area contributed by atoms with Crippen molar-refractivity contribution < 1.29 is 0 Å². The second-order valence-corrected chi connectivity index (χ2v) is 7.10. The van der Waals surface area contributed by atoms with Crippen molar-refractivity contribution in [1.29, 1.82) is 0 Å². The fraction of sp³-hybridized carbons (Fsp3) is 0.286. The van der Waals surface area contributed by atoms with E-state index in [0.29, 0.717) is 0 Å². The Morgan fingerprint density at radius 1 is 1.04 bits per heavy atom. The van der Waals surface area contributed by atoms with Crippen molar-refractivity contribution in [3.05, 3.63) is 60.2 Å². The maximum Gasteiger partial charge on any atom is 0.155 e. The third kappa shape index (κ3) is 3.24. The van der Waals surface area contributed by atoms with E-state index in [4.69, 9.17) is 0 Å². The SMILES string of the molecule is Cc1nc2ccnn2c(-c2cccc(-c3nccn3CCN(C)C)c2)c1C. The van der Waals surface area contributed by atoms with Gasteiger partial charge in [-0.15, -0.1) is 0 Å². The molecule has 3 heterocycles. The Kier molecular flexibility index (Phi) is 4.49. The molecule has 0 saturated carbocycles. The van der Waals surface area contributed by atoms with Gasteiger partial charge in [-0.3, -0.25) is 0 Å². The van der Waals surface area contributed by atoms with E-state index in [1.807, 2.05) is 29.9 Å². The number of benzene rings is 1. The van der Waals surface area contributed by atoms with E-state index in [9.17, 15) is 0 Å². The van der Waals surface area contributed by atoms with Gasteiger partial charge in [0.1, 0.15) is 5.82 Å². The molecule has 0 unspecified atom stereocenters. The molecule has 3 aromatic heterocycles. The van der Waals surface area contributed by atoms with Gasteiger partial charge in [0, 0.05) is 48.4 Å². The van der Waals surface area contributed by atoms with Crippen LogP contribution < -0.4 is 0 Å². The monoisotopic (exact) mass is 360 g/mol. The summed E-state index contributed by atoms with van der Waals surface area (Å²) in [7, 11) is 4.17. The van der Waals surface area contributed by atoms with Crippen LogP contribution in [-0.4, -0.2) is 49.7 Å². The Hall–Kier alpha value is -2.99. The highest BCUT2D eigenvalue weighted by Gasteiger charge is 2.14. The fourth-order valence-corrected chi connectivity index (χ4v) is 3.34. The van der Waals surface area contributed by atoms with Crippen LogP contribution in [0.5, 0.6) is 0 Å². The first kappa shape index (κ1) is 17.4. The first-order chi connectivity index (χ1) is 13.0. The molecule has 0 radical (unpaired) electrons. The van der Waals surface area contributed by atoms with Crippen molar-refractivity contribution in [1.82, 2.24) is 29.0 Å². The summed E-state index contributed by atoms with van der Waals surface area (Å²) in [4.78, 5) is 11.4. The molecule has 4 rings (SSSR count). The number of aryl methyl sites for hydroxylation is 1. The average molecular weight is 360 g/mol. The summed E-state index contributed by atoms with van der Waals surface area (Å²) in [6.45, 7) is 6.02. The van der Waals surface area contributed by atoms with E-state index in [0.717, 1.165) is 52.6 Å². The van der Waals surface area contributed by atoms with Gasteiger partial charge in [0.2, 0.25) is 0 Å². The number of fused-ring (bicyclic) bond motifs is 1. The summed E-state index contributed by atoms with van der Waals surface area (Å²) in [6.07, 6.45) is 5.70. The van der Waals surface area contributed by atoms with Gasteiger partial charge in [-0.25, -0.2) is 14.5 Å². The number of rotatable bonds is 5.